The van der Waals surface area contributed by atoms with E-state index in [1.54, 1.807) is 19.2 Å². The van der Waals surface area contributed by atoms with Crippen molar-refractivity contribution >= 4 is 29.1 Å². The normalized spacial score (nSPS) is 10.2. The van der Waals surface area contributed by atoms with Gasteiger partial charge in [-0.25, -0.2) is 4.68 Å². The molecule has 1 heterocycles. The summed E-state index contributed by atoms with van der Waals surface area (Å²) in [6.07, 6.45) is 1.64. The summed E-state index contributed by atoms with van der Waals surface area (Å²) in [5.41, 5.74) is 7.17. The molecule has 0 aliphatic rings. The van der Waals surface area contributed by atoms with Crippen molar-refractivity contribution in [3.05, 3.63) is 41.7 Å². The average Bonchev–Trinajstić information content (AvgIpc) is 2.75. The Morgan fingerprint density at radius 3 is 2.63 bits per heavy atom. The van der Waals surface area contributed by atoms with Gasteiger partial charge in [-0.2, -0.15) is 10.1 Å². The molecule has 2 aromatic rings. The number of amides is 1. The molecule has 98 valence electrons. The van der Waals surface area contributed by atoms with Crippen molar-refractivity contribution < 1.29 is 4.79 Å². The summed E-state index contributed by atoms with van der Waals surface area (Å²) < 4.78 is 1.49. The molecule has 0 saturated heterocycles. The molecule has 0 radical (unpaired) electrons. The van der Waals surface area contributed by atoms with Crippen molar-refractivity contribution in [1.82, 2.24) is 14.8 Å². The minimum Gasteiger partial charge on any atom is -0.389 e. The van der Waals surface area contributed by atoms with E-state index in [-0.39, 0.29) is 12.3 Å². The average molecular weight is 275 g/mol. The van der Waals surface area contributed by atoms with Crippen LogP contribution in [0.4, 0.5) is 5.95 Å². The number of carbonyl (C=O) groups is 1. The number of carbonyl (C=O) groups excluding carboxylic acids is 1. The van der Waals surface area contributed by atoms with Gasteiger partial charge in [0.2, 0.25) is 11.9 Å². The fraction of sp³-hybridized carbons (Fsp3) is 0.167. The van der Waals surface area contributed by atoms with Crippen LogP contribution in [0.1, 0.15) is 11.1 Å². The summed E-state index contributed by atoms with van der Waals surface area (Å²) in [6, 6.07) is 7.25. The van der Waals surface area contributed by atoms with Crippen molar-refractivity contribution in [2.24, 2.45) is 12.8 Å². The van der Waals surface area contributed by atoms with Crippen molar-refractivity contribution in [1.29, 1.82) is 0 Å². The van der Waals surface area contributed by atoms with Gasteiger partial charge in [0, 0.05) is 12.6 Å². The summed E-state index contributed by atoms with van der Waals surface area (Å²) in [4.78, 5) is 16.1. The second-order valence-electron chi connectivity index (χ2n) is 3.99. The number of rotatable bonds is 4. The molecule has 3 N–H and O–H groups in total. The minimum absolute atomic E-state index is 0.154. The zero-order valence-electron chi connectivity index (χ0n) is 10.3. The highest BCUT2D eigenvalue weighted by molar-refractivity contribution is 7.80. The van der Waals surface area contributed by atoms with E-state index in [9.17, 15) is 4.79 Å². The van der Waals surface area contributed by atoms with Crippen LogP contribution < -0.4 is 11.1 Å². The van der Waals surface area contributed by atoms with Crippen LogP contribution in [-0.2, 0) is 18.3 Å². The van der Waals surface area contributed by atoms with E-state index in [1.807, 2.05) is 12.1 Å². The highest BCUT2D eigenvalue weighted by Gasteiger charge is 2.07. The van der Waals surface area contributed by atoms with E-state index in [1.165, 1.54) is 11.0 Å². The van der Waals surface area contributed by atoms with Crippen molar-refractivity contribution in [2.75, 3.05) is 5.32 Å². The number of nitrogens with two attached hydrogens (primary N) is 1. The van der Waals surface area contributed by atoms with Crippen LogP contribution in [0.2, 0.25) is 0 Å². The van der Waals surface area contributed by atoms with E-state index in [2.05, 4.69) is 15.4 Å². The number of anilines is 1. The summed E-state index contributed by atoms with van der Waals surface area (Å²) >= 11 is 4.86. The van der Waals surface area contributed by atoms with Gasteiger partial charge in [0.1, 0.15) is 11.3 Å². The van der Waals surface area contributed by atoms with Gasteiger partial charge in [0.15, 0.2) is 0 Å². The smallest absolute Gasteiger partial charge is 0.231 e. The Morgan fingerprint density at radius 1 is 1.42 bits per heavy atom. The number of nitrogens with one attached hydrogen (secondary N) is 1. The van der Waals surface area contributed by atoms with Gasteiger partial charge < -0.3 is 5.73 Å². The summed E-state index contributed by atoms with van der Waals surface area (Å²) in [5, 5.41) is 6.55. The lowest BCUT2D eigenvalue weighted by Gasteiger charge is -2.05. The molecule has 7 heteroatoms. The Kier molecular flexibility index (Phi) is 3.86. The number of aromatic nitrogens is 3. The van der Waals surface area contributed by atoms with Crippen LogP contribution in [0, 0.1) is 0 Å². The quantitative estimate of drug-likeness (QED) is 0.799. The lowest BCUT2D eigenvalue weighted by atomic mass is 10.1. The molecule has 6 nitrogen and oxygen atoms in total. The minimum atomic E-state index is -0.154. The van der Waals surface area contributed by atoms with Crippen molar-refractivity contribution in [3.8, 4) is 0 Å². The van der Waals surface area contributed by atoms with Crippen LogP contribution >= 0.6 is 12.2 Å². The number of nitrogens with zero attached hydrogens (tertiary/aromatic N) is 3. The molecule has 0 bridgehead atoms. The van der Waals surface area contributed by atoms with E-state index < -0.39 is 0 Å². The standard InChI is InChI=1S/C12H13N5OS/c1-17-12(14-7-15-17)16-10(18)6-8-2-4-9(5-3-8)11(13)19/h2-5,7H,6H2,1H3,(H2,13,19)(H,14,15,16,18). The Labute approximate surface area is 115 Å². The molecule has 1 aromatic carbocycles. The van der Waals surface area contributed by atoms with Gasteiger partial charge in [-0.05, 0) is 5.56 Å². The van der Waals surface area contributed by atoms with Gasteiger partial charge in [0.25, 0.3) is 0 Å². The molecular weight excluding hydrogens is 262 g/mol. The van der Waals surface area contributed by atoms with E-state index in [4.69, 9.17) is 18.0 Å². The first-order chi connectivity index (χ1) is 9.06. The first-order valence-electron chi connectivity index (χ1n) is 5.59. The third-order valence-corrected chi connectivity index (χ3v) is 2.80. The lowest BCUT2D eigenvalue weighted by Crippen LogP contribution is -2.17. The molecule has 0 fully saturated rings. The predicted octanol–water partition coefficient (Wildman–Crippen LogP) is 0.630. The number of hydrogen-bond acceptors (Lipinski definition) is 4. The number of thiocarbonyl (C=S) groups is 1. The Balaban J connectivity index is 1.99. The molecule has 0 unspecified atom stereocenters. The van der Waals surface area contributed by atoms with Crippen LogP contribution in [0.5, 0.6) is 0 Å². The fourth-order valence-electron chi connectivity index (χ4n) is 1.55. The van der Waals surface area contributed by atoms with E-state index in [0.29, 0.717) is 10.9 Å². The Bertz CT molecular complexity index is 605. The largest absolute Gasteiger partial charge is 0.389 e. The molecule has 2 rings (SSSR count). The van der Waals surface area contributed by atoms with Gasteiger partial charge in [-0.3, -0.25) is 10.1 Å². The molecule has 0 saturated carbocycles. The highest BCUT2D eigenvalue weighted by atomic mass is 32.1. The summed E-state index contributed by atoms with van der Waals surface area (Å²) in [7, 11) is 1.71. The zero-order valence-corrected chi connectivity index (χ0v) is 11.1. The Hall–Kier alpha value is -2.28. The molecule has 19 heavy (non-hydrogen) atoms. The third kappa shape index (κ3) is 3.35. The van der Waals surface area contributed by atoms with Crippen LogP contribution in [-0.4, -0.2) is 25.7 Å². The molecule has 0 aliphatic heterocycles. The highest BCUT2D eigenvalue weighted by Crippen LogP contribution is 2.06. The SMILES string of the molecule is Cn1ncnc1NC(=O)Cc1ccc(C(N)=S)cc1. The molecule has 0 atom stereocenters. The fourth-order valence-corrected chi connectivity index (χ4v) is 1.69. The first-order valence-corrected chi connectivity index (χ1v) is 5.99. The summed E-state index contributed by atoms with van der Waals surface area (Å²) in [5.74, 6) is 0.268. The van der Waals surface area contributed by atoms with E-state index in [0.717, 1.165) is 11.1 Å². The number of hydrogen-bond donors (Lipinski definition) is 2. The molecule has 1 amide bonds. The maximum atomic E-state index is 11.8. The first kappa shape index (κ1) is 13.2. The summed E-state index contributed by atoms with van der Waals surface area (Å²) in [6.45, 7) is 0. The molecule has 0 spiro atoms. The van der Waals surface area contributed by atoms with Crippen LogP contribution in [0.3, 0.4) is 0 Å². The van der Waals surface area contributed by atoms with Gasteiger partial charge in [-0.1, -0.05) is 36.5 Å². The monoisotopic (exact) mass is 275 g/mol. The molecular formula is C12H13N5OS. The van der Waals surface area contributed by atoms with Gasteiger partial charge in [0.05, 0.1) is 6.42 Å². The van der Waals surface area contributed by atoms with Crippen LogP contribution in [0.15, 0.2) is 30.6 Å². The second-order valence-corrected chi connectivity index (χ2v) is 4.43. The predicted molar refractivity (Wildman–Crippen MR) is 75.7 cm³/mol. The van der Waals surface area contributed by atoms with Crippen LogP contribution in [0.25, 0.3) is 0 Å². The van der Waals surface area contributed by atoms with E-state index >= 15 is 0 Å². The maximum absolute atomic E-state index is 11.8. The third-order valence-electron chi connectivity index (χ3n) is 2.57. The number of benzene rings is 1. The molecule has 1 aromatic heterocycles. The molecule has 0 aliphatic carbocycles. The maximum Gasteiger partial charge on any atom is 0.231 e. The van der Waals surface area contributed by atoms with Gasteiger partial charge in [-0.15, -0.1) is 0 Å². The topological polar surface area (TPSA) is 85.8 Å². The Morgan fingerprint density at radius 2 is 2.11 bits per heavy atom. The van der Waals surface area contributed by atoms with Gasteiger partial charge >= 0.3 is 0 Å². The lowest BCUT2D eigenvalue weighted by molar-refractivity contribution is -0.115. The second kappa shape index (κ2) is 5.57. The van der Waals surface area contributed by atoms with Crippen molar-refractivity contribution in [2.45, 2.75) is 6.42 Å². The van der Waals surface area contributed by atoms with Crippen molar-refractivity contribution in [3.63, 3.8) is 0 Å². The zero-order chi connectivity index (χ0) is 13.8. The number of aryl methyl sites for hydroxylation is 1.